The molecule has 2 aliphatic rings. The molecule has 16 heteroatoms. The predicted molar refractivity (Wildman–Crippen MR) is 252 cm³/mol. The maximum Gasteiger partial charge on any atom is 0.249 e. The van der Waals surface area contributed by atoms with Gasteiger partial charge >= 0.3 is 0 Å². The third-order valence-electron chi connectivity index (χ3n) is 13.5. The second kappa shape index (κ2) is 37.7. The first kappa shape index (κ1) is 61.0. The summed E-state index contributed by atoms with van der Waals surface area (Å²) in [5.74, 6) is -0.774. The number of carbonyl (C=O) groups excluding carboxylic acids is 1. The zero-order valence-electron chi connectivity index (χ0n) is 40.9. The van der Waals surface area contributed by atoms with Crippen LogP contribution in [-0.2, 0) is 23.7 Å². The molecule has 0 bridgehead atoms. The normalized spacial score (nSPS) is 27.7. The number of rotatable bonds is 41. The zero-order chi connectivity index (χ0) is 48.5. The fourth-order valence-corrected chi connectivity index (χ4v) is 9.02. The van der Waals surface area contributed by atoms with Crippen LogP contribution in [0.15, 0.2) is 0 Å². The summed E-state index contributed by atoms with van der Waals surface area (Å²) in [7, 11) is 0. The van der Waals surface area contributed by atoms with E-state index in [1.54, 1.807) is 0 Å². The summed E-state index contributed by atoms with van der Waals surface area (Å²) in [4.78, 5) is 13.4. The molecule has 0 aromatic heterocycles. The van der Waals surface area contributed by atoms with E-state index in [0.717, 1.165) is 51.4 Å². The number of ether oxygens (including phenoxy) is 4. The molecule has 0 saturated carbocycles. The Morgan fingerprint density at radius 1 is 0.500 bits per heavy atom. The van der Waals surface area contributed by atoms with Gasteiger partial charge in [0.1, 0.15) is 61.0 Å². The molecule has 2 fully saturated rings. The average molecular weight is 952 g/mol. The molecule has 0 aliphatic carbocycles. The van der Waals surface area contributed by atoms with Gasteiger partial charge in [0.2, 0.25) is 5.91 Å². The summed E-state index contributed by atoms with van der Waals surface area (Å²) in [5.41, 5.74) is 0. The summed E-state index contributed by atoms with van der Waals surface area (Å²) in [6, 6.07) is -1.31. The van der Waals surface area contributed by atoms with Crippen molar-refractivity contribution in [2.45, 2.75) is 292 Å². The van der Waals surface area contributed by atoms with Crippen LogP contribution in [0.1, 0.15) is 206 Å². The molecule has 0 aromatic carbocycles. The second-order valence-corrected chi connectivity index (χ2v) is 19.3. The Labute approximate surface area is 397 Å². The quantitative estimate of drug-likeness (QED) is 0.0363. The number of carbonyl (C=O) groups is 1. The van der Waals surface area contributed by atoms with Crippen LogP contribution in [0.2, 0.25) is 0 Å². The molecule has 0 spiro atoms. The Morgan fingerprint density at radius 2 is 0.879 bits per heavy atom. The smallest absolute Gasteiger partial charge is 0.249 e. The van der Waals surface area contributed by atoms with Crippen LogP contribution < -0.4 is 5.32 Å². The minimum atomic E-state index is -1.87. The van der Waals surface area contributed by atoms with Gasteiger partial charge in [0.05, 0.1) is 32.0 Å². The summed E-state index contributed by atoms with van der Waals surface area (Å²) in [6.45, 7) is 2.39. The van der Waals surface area contributed by atoms with E-state index in [0.29, 0.717) is 12.8 Å². The molecular weight excluding hydrogens is 855 g/mol. The monoisotopic (exact) mass is 952 g/mol. The van der Waals surface area contributed by atoms with Crippen molar-refractivity contribution < 1.29 is 74.8 Å². The van der Waals surface area contributed by atoms with Gasteiger partial charge in [-0.25, -0.2) is 0 Å². The number of hydrogen-bond donors (Lipinski definition) is 11. The van der Waals surface area contributed by atoms with E-state index in [4.69, 9.17) is 18.9 Å². The summed E-state index contributed by atoms with van der Waals surface area (Å²) in [6.07, 6.45) is 12.1. The van der Waals surface area contributed by atoms with E-state index in [2.05, 4.69) is 19.2 Å². The van der Waals surface area contributed by atoms with Crippen molar-refractivity contribution in [3.8, 4) is 0 Å². The molecule has 66 heavy (non-hydrogen) atoms. The molecule has 0 aromatic rings. The number of unbranched alkanes of at least 4 members (excludes halogenated alkanes) is 26. The van der Waals surface area contributed by atoms with Gasteiger partial charge in [-0.3, -0.25) is 4.79 Å². The highest BCUT2D eigenvalue weighted by Gasteiger charge is 2.51. The maximum absolute atomic E-state index is 13.4. The van der Waals surface area contributed by atoms with Crippen LogP contribution in [0.25, 0.3) is 0 Å². The average Bonchev–Trinajstić information content (AvgIpc) is 3.31. The van der Waals surface area contributed by atoms with Crippen LogP contribution >= 0.6 is 0 Å². The van der Waals surface area contributed by atoms with E-state index >= 15 is 0 Å². The first-order chi connectivity index (χ1) is 31.9. The Hall–Kier alpha value is -1.09. The Morgan fingerprint density at radius 3 is 1.30 bits per heavy atom. The molecule has 2 rings (SSSR count). The third kappa shape index (κ3) is 24.2. The molecule has 1 unspecified atom stereocenters. The summed E-state index contributed by atoms with van der Waals surface area (Å²) >= 11 is 0. The van der Waals surface area contributed by atoms with Gasteiger partial charge in [0, 0.05) is 0 Å². The molecule has 392 valence electrons. The Kier molecular flexibility index (Phi) is 34.9. The van der Waals surface area contributed by atoms with Gasteiger partial charge in [-0.1, -0.05) is 194 Å². The van der Waals surface area contributed by atoms with Crippen molar-refractivity contribution in [3.63, 3.8) is 0 Å². The van der Waals surface area contributed by atoms with Crippen molar-refractivity contribution in [2.75, 3.05) is 19.8 Å². The first-order valence-corrected chi connectivity index (χ1v) is 26.5. The van der Waals surface area contributed by atoms with Crippen molar-refractivity contribution in [1.82, 2.24) is 5.32 Å². The van der Waals surface area contributed by atoms with Crippen LogP contribution in [0, 0.1) is 0 Å². The molecule has 14 atom stereocenters. The van der Waals surface area contributed by atoms with E-state index in [-0.39, 0.29) is 12.8 Å². The predicted octanol–water partition coefficient (Wildman–Crippen LogP) is 4.94. The molecule has 1 amide bonds. The zero-order valence-corrected chi connectivity index (χ0v) is 40.9. The van der Waals surface area contributed by atoms with Gasteiger partial charge < -0.3 is 75.3 Å². The lowest BCUT2D eigenvalue weighted by Crippen LogP contribution is -2.65. The lowest BCUT2D eigenvalue weighted by atomic mass is 9.97. The lowest BCUT2D eigenvalue weighted by molar-refractivity contribution is -0.368. The summed E-state index contributed by atoms with van der Waals surface area (Å²) < 4.78 is 22.9. The number of aliphatic hydroxyl groups is 10. The van der Waals surface area contributed by atoms with Gasteiger partial charge in [0.25, 0.3) is 0 Å². The summed E-state index contributed by atoms with van der Waals surface area (Å²) in [5, 5.41) is 109. The topological polar surface area (TPSA) is 268 Å². The SMILES string of the molecule is CCCCCCCCCCCCCCCCCC[C@@H](O)C(=O)N[C@@H](CO[C@H]1O[C@H](CO)[C@H](O)[C@H](O)[C@H]1OC1O[C@H](CO)[C@H](O)[C@H](O)[C@H]1O)[C@H](O)[C@H](O)CCCCCCCCCCCCCC. The second-order valence-electron chi connectivity index (χ2n) is 19.3. The van der Waals surface area contributed by atoms with Gasteiger partial charge in [-0.05, 0) is 12.8 Å². The molecule has 2 aliphatic heterocycles. The van der Waals surface area contributed by atoms with Crippen molar-refractivity contribution in [1.29, 1.82) is 0 Å². The number of nitrogens with one attached hydrogen (secondary N) is 1. The van der Waals surface area contributed by atoms with Gasteiger partial charge in [-0.2, -0.15) is 0 Å². The largest absolute Gasteiger partial charge is 0.394 e. The van der Waals surface area contributed by atoms with E-state index in [1.165, 1.54) is 116 Å². The standard InChI is InChI=1S/C50H97NO15/c1-3-5-7-9-11-13-15-17-18-19-20-22-24-26-28-30-32-38(55)48(62)51-36(41(56)37(54)31-29-27-25-23-21-16-14-12-10-8-6-4-2)35-63-50-47(45(60)43(58)40(34-53)65-50)66-49-46(61)44(59)42(57)39(33-52)64-49/h36-47,49-50,52-61H,3-35H2,1-2H3,(H,51,62)/t36-,37+,38+,39+,40+,41-,42-,43-,44-,45-,46+,47+,49?,50-/m0/s1. The van der Waals surface area contributed by atoms with E-state index in [1.807, 2.05) is 0 Å². The third-order valence-corrected chi connectivity index (χ3v) is 13.5. The highest BCUT2D eigenvalue weighted by Crippen LogP contribution is 2.30. The van der Waals surface area contributed by atoms with Crippen LogP contribution in [-0.4, -0.2) is 163 Å². The minimum absolute atomic E-state index is 0.193. The lowest BCUT2D eigenvalue weighted by Gasteiger charge is -2.46. The fourth-order valence-electron chi connectivity index (χ4n) is 9.02. The maximum atomic E-state index is 13.4. The first-order valence-electron chi connectivity index (χ1n) is 26.5. The van der Waals surface area contributed by atoms with Crippen molar-refractivity contribution >= 4 is 5.91 Å². The highest BCUT2D eigenvalue weighted by atomic mass is 16.8. The molecule has 11 N–H and O–H groups in total. The van der Waals surface area contributed by atoms with E-state index < -0.39 is 111 Å². The van der Waals surface area contributed by atoms with Crippen LogP contribution in [0.3, 0.4) is 0 Å². The molecule has 2 saturated heterocycles. The van der Waals surface area contributed by atoms with Gasteiger partial charge in [0.15, 0.2) is 12.6 Å². The molecule has 16 nitrogen and oxygen atoms in total. The van der Waals surface area contributed by atoms with Crippen LogP contribution in [0.4, 0.5) is 0 Å². The Bertz CT molecular complexity index is 1160. The van der Waals surface area contributed by atoms with Crippen molar-refractivity contribution in [2.24, 2.45) is 0 Å². The number of amides is 1. The van der Waals surface area contributed by atoms with Crippen molar-refractivity contribution in [3.05, 3.63) is 0 Å². The molecule has 2 heterocycles. The number of hydrogen-bond acceptors (Lipinski definition) is 15. The van der Waals surface area contributed by atoms with Crippen LogP contribution in [0.5, 0.6) is 0 Å². The molecular formula is C50H97NO15. The highest BCUT2D eigenvalue weighted by molar-refractivity contribution is 5.80. The van der Waals surface area contributed by atoms with E-state index in [9.17, 15) is 55.9 Å². The number of aliphatic hydroxyl groups excluding tert-OH is 10. The minimum Gasteiger partial charge on any atom is -0.394 e. The van der Waals surface area contributed by atoms with Gasteiger partial charge in [-0.15, -0.1) is 0 Å². The fraction of sp³-hybridized carbons (Fsp3) is 0.980. The molecule has 0 radical (unpaired) electrons. The Balaban J connectivity index is 1.96.